The van der Waals surface area contributed by atoms with Gasteiger partial charge in [-0.2, -0.15) is 4.98 Å². The largest absolute Gasteiger partial charge is 0.494 e. The van der Waals surface area contributed by atoms with Crippen LogP contribution in [0.1, 0.15) is 56.4 Å². The van der Waals surface area contributed by atoms with Gasteiger partial charge in [-0.25, -0.2) is 14.2 Å². The van der Waals surface area contributed by atoms with Crippen molar-refractivity contribution < 1.29 is 18.7 Å². The van der Waals surface area contributed by atoms with Gasteiger partial charge >= 0.3 is 6.09 Å². The van der Waals surface area contributed by atoms with Crippen LogP contribution >= 0.6 is 11.6 Å². The van der Waals surface area contributed by atoms with Gasteiger partial charge < -0.3 is 34.8 Å². The monoisotopic (exact) mass is 635 g/mol. The van der Waals surface area contributed by atoms with Gasteiger partial charge in [0.05, 0.1) is 31.2 Å². The predicted molar refractivity (Wildman–Crippen MR) is 174 cm³/mol. The third-order valence-corrected chi connectivity index (χ3v) is 8.66. The van der Waals surface area contributed by atoms with E-state index in [0.29, 0.717) is 30.1 Å². The molecule has 2 N–H and O–H groups in total. The molecule has 2 aliphatic heterocycles. The van der Waals surface area contributed by atoms with E-state index in [2.05, 4.69) is 15.5 Å². The van der Waals surface area contributed by atoms with Crippen LogP contribution in [0.15, 0.2) is 53.8 Å². The summed E-state index contributed by atoms with van der Waals surface area (Å²) in [7, 11) is 3.43. The molecule has 0 bridgehead atoms. The normalized spacial score (nSPS) is 19.2. The number of anilines is 4. The molecule has 2 unspecified atom stereocenters. The second kappa shape index (κ2) is 12.3. The molecule has 0 spiro atoms. The Kier molecular flexibility index (Phi) is 8.39. The number of rotatable bonds is 7. The number of hydrogen-bond donors (Lipinski definition) is 2. The summed E-state index contributed by atoms with van der Waals surface area (Å²) in [6.07, 6.45) is 3.94. The first kappa shape index (κ1) is 30.8. The molecule has 2 atom stereocenters. The zero-order valence-electron chi connectivity index (χ0n) is 26.2. The van der Waals surface area contributed by atoms with Crippen LogP contribution in [-0.4, -0.2) is 66.5 Å². The number of carbonyl (C=O) groups is 1. The first-order valence-corrected chi connectivity index (χ1v) is 15.6. The van der Waals surface area contributed by atoms with Crippen LogP contribution in [0.25, 0.3) is 0 Å². The number of fused-ring (bicyclic) bond motifs is 1. The number of ether oxygens (including phenoxy) is 2. The van der Waals surface area contributed by atoms with E-state index in [9.17, 15) is 9.18 Å². The van der Waals surface area contributed by atoms with Crippen LogP contribution in [-0.2, 0) is 11.2 Å². The van der Waals surface area contributed by atoms with E-state index in [-0.39, 0.29) is 23.9 Å². The van der Waals surface area contributed by atoms with E-state index >= 15 is 0 Å². The first-order valence-electron chi connectivity index (χ1n) is 15.2. The number of carbonyl (C=O) groups excluding carboxylic acids is 1. The van der Waals surface area contributed by atoms with Gasteiger partial charge in [-0.05, 0) is 69.9 Å². The van der Waals surface area contributed by atoms with Crippen molar-refractivity contribution in [1.29, 1.82) is 0 Å². The maximum absolute atomic E-state index is 13.8. The highest BCUT2D eigenvalue weighted by Crippen LogP contribution is 2.42. The molecule has 45 heavy (non-hydrogen) atoms. The molecule has 12 heteroatoms. The average Bonchev–Trinajstić information content (AvgIpc) is 3.76. The quantitative estimate of drug-likeness (QED) is 0.290. The van der Waals surface area contributed by atoms with Crippen LogP contribution in [0, 0.1) is 5.82 Å². The molecule has 3 heterocycles. The summed E-state index contributed by atoms with van der Waals surface area (Å²) in [6, 6.07) is 12.5. The third kappa shape index (κ3) is 6.58. The lowest BCUT2D eigenvalue weighted by Crippen LogP contribution is -2.42. The highest BCUT2D eigenvalue weighted by molar-refractivity contribution is 6.29. The molecule has 3 aromatic rings. The van der Waals surface area contributed by atoms with Crippen LogP contribution in [0.5, 0.6) is 5.75 Å². The fourth-order valence-electron chi connectivity index (χ4n) is 6.18. The molecule has 1 fully saturated rings. The van der Waals surface area contributed by atoms with Crippen LogP contribution < -0.4 is 25.2 Å². The van der Waals surface area contributed by atoms with Crippen molar-refractivity contribution in [3.8, 4) is 5.75 Å². The molecule has 10 nitrogen and oxygen atoms in total. The second-order valence-corrected chi connectivity index (χ2v) is 13.1. The second-order valence-electron chi connectivity index (χ2n) is 12.7. The van der Waals surface area contributed by atoms with Gasteiger partial charge in [-0.15, -0.1) is 0 Å². The maximum atomic E-state index is 13.8. The summed E-state index contributed by atoms with van der Waals surface area (Å²) < 4.78 is 25.1. The maximum Gasteiger partial charge on any atom is 0.410 e. The molecule has 0 saturated carbocycles. The lowest BCUT2D eigenvalue weighted by molar-refractivity contribution is 0.0238. The fraction of sp³-hybridized carbons (Fsp3) is 0.424. The average molecular weight is 636 g/mol. The minimum atomic E-state index is -0.566. The number of nitrogens with one attached hydrogen (secondary N) is 2. The van der Waals surface area contributed by atoms with Crippen LogP contribution in [0.3, 0.4) is 0 Å². The molecule has 6 rings (SSSR count). The van der Waals surface area contributed by atoms with Crippen molar-refractivity contribution in [2.45, 2.75) is 57.6 Å². The summed E-state index contributed by atoms with van der Waals surface area (Å²) in [4.78, 5) is 28.8. The zero-order valence-corrected chi connectivity index (χ0v) is 27.0. The Morgan fingerprint density at radius 3 is 2.62 bits per heavy atom. The van der Waals surface area contributed by atoms with Crippen molar-refractivity contribution in [2.24, 2.45) is 0 Å². The molecule has 1 aliphatic carbocycles. The van der Waals surface area contributed by atoms with Crippen LogP contribution in [0.4, 0.5) is 32.3 Å². The van der Waals surface area contributed by atoms with Gasteiger partial charge in [0.25, 0.3) is 0 Å². The van der Waals surface area contributed by atoms with E-state index in [4.69, 9.17) is 31.0 Å². The first-order chi connectivity index (χ1) is 21.5. The lowest BCUT2D eigenvalue weighted by atomic mass is 9.97. The lowest BCUT2D eigenvalue weighted by Gasteiger charge is -2.29. The number of nitrogens with zero attached hydrogens (tertiary/aromatic N) is 5. The van der Waals surface area contributed by atoms with Crippen molar-refractivity contribution in [3.05, 3.63) is 76.5 Å². The van der Waals surface area contributed by atoms with Gasteiger partial charge in [0.1, 0.15) is 28.1 Å². The number of methoxy groups -OCH3 is 1. The Balaban J connectivity index is 1.31. The Morgan fingerprint density at radius 2 is 1.93 bits per heavy atom. The summed E-state index contributed by atoms with van der Waals surface area (Å²) >= 11 is 6.13. The molecule has 3 aliphatic rings. The highest BCUT2D eigenvalue weighted by atomic mass is 35.5. The topological polar surface area (TPSA) is 95.1 Å². The zero-order chi connectivity index (χ0) is 31.9. The van der Waals surface area contributed by atoms with Crippen molar-refractivity contribution >= 4 is 40.8 Å². The Hall–Kier alpha value is -4.25. The smallest absolute Gasteiger partial charge is 0.410 e. The number of halogens is 2. The summed E-state index contributed by atoms with van der Waals surface area (Å²) in [5.41, 5.74) is 4.12. The van der Waals surface area contributed by atoms with E-state index in [0.717, 1.165) is 59.8 Å². The molecule has 1 aromatic heterocycles. The number of likely N-dealkylation sites (N-methyl/N-ethyl adjacent to an activating group) is 1. The minimum absolute atomic E-state index is 0.0156. The van der Waals surface area contributed by atoms with Crippen LogP contribution in [0.2, 0.25) is 0 Å². The molecule has 1 amide bonds. The van der Waals surface area contributed by atoms with E-state index < -0.39 is 5.60 Å². The van der Waals surface area contributed by atoms with E-state index in [1.165, 1.54) is 12.1 Å². The Bertz CT molecular complexity index is 1610. The molecule has 0 radical (unpaired) electrons. The van der Waals surface area contributed by atoms with Gasteiger partial charge in [0.15, 0.2) is 0 Å². The number of aromatic nitrogens is 2. The van der Waals surface area contributed by atoms with Crippen molar-refractivity contribution in [1.82, 2.24) is 20.2 Å². The standard InChI is InChI=1S/C33H39ClFN7O3/c1-33(2,3)45-32(43)40(4)23-14-15-41(17-23)30-25-12-11-24(20-6-8-21(35)9-7-20)29(25)38-31(39-30)37-22-10-13-26(27(16-22)44-5)42-18-28(34)36-19-42/h6-10,13,16,18,23-24,36H,11-12,14-15,17,19H2,1-5H3,(H,37,38,39). The van der Waals surface area contributed by atoms with Crippen molar-refractivity contribution in [3.63, 3.8) is 0 Å². The summed E-state index contributed by atoms with van der Waals surface area (Å²) in [5.74, 6) is 1.74. The predicted octanol–water partition coefficient (Wildman–Crippen LogP) is 6.30. The molecule has 238 valence electrons. The van der Waals surface area contributed by atoms with Gasteiger partial charge in [-0.1, -0.05) is 23.7 Å². The van der Waals surface area contributed by atoms with E-state index in [1.807, 2.05) is 62.2 Å². The van der Waals surface area contributed by atoms with E-state index in [1.54, 1.807) is 19.1 Å². The summed E-state index contributed by atoms with van der Waals surface area (Å²) in [6.45, 7) is 7.52. The SMILES string of the molecule is COc1cc(Nc2nc3c(c(N4CCC(N(C)C(=O)OC(C)(C)C)C4)n2)CCC3c2ccc(F)cc2)ccc1N1C=C(Cl)NC1. The number of benzene rings is 2. The van der Waals surface area contributed by atoms with Gasteiger partial charge in [0, 0.05) is 49.6 Å². The fourth-order valence-corrected chi connectivity index (χ4v) is 6.36. The molecule has 1 saturated heterocycles. The van der Waals surface area contributed by atoms with Crippen molar-refractivity contribution in [2.75, 3.05) is 49.0 Å². The highest BCUT2D eigenvalue weighted by Gasteiger charge is 2.36. The van der Waals surface area contributed by atoms with Gasteiger partial charge in [0.2, 0.25) is 5.95 Å². The molecular weight excluding hydrogens is 597 g/mol. The Labute approximate surface area is 268 Å². The molecule has 2 aromatic carbocycles. The minimum Gasteiger partial charge on any atom is -0.494 e. The van der Waals surface area contributed by atoms with Gasteiger partial charge in [-0.3, -0.25) is 0 Å². The number of hydrogen-bond acceptors (Lipinski definition) is 9. The number of amides is 1. The summed E-state index contributed by atoms with van der Waals surface area (Å²) in [5, 5.41) is 7.06. The molecular formula is C33H39ClFN7O3. The Morgan fingerprint density at radius 1 is 1.16 bits per heavy atom. The third-order valence-electron chi connectivity index (χ3n) is 8.43.